The second kappa shape index (κ2) is 7.88. The predicted molar refractivity (Wildman–Crippen MR) is 122 cm³/mol. The Hall–Kier alpha value is -2.94. The number of hydrogen-bond acceptors (Lipinski definition) is 6. The number of amides is 1. The van der Waals surface area contributed by atoms with E-state index in [9.17, 15) is 13.2 Å². The molecule has 0 N–H and O–H groups in total. The number of ether oxygens (including phenoxy) is 1. The largest absolute Gasteiger partial charge is 0.497 e. The highest BCUT2D eigenvalue weighted by molar-refractivity contribution is 7.91. The van der Waals surface area contributed by atoms with Gasteiger partial charge >= 0.3 is 0 Å². The number of pyridine rings is 1. The number of rotatable bonds is 4. The molecule has 3 aromatic rings. The molecule has 5 rings (SSSR count). The maximum Gasteiger partial charge on any atom is 0.254 e. The lowest BCUT2D eigenvalue weighted by Gasteiger charge is -2.17. The lowest BCUT2D eigenvalue weighted by atomic mass is 10.0. The van der Waals surface area contributed by atoms with Gasteiger partial charge in [0.15, 0.2) is 15.5 Å². The van der Waals surface area contributed by atoms with Crippen LogP contribution in [0.2, 0.25) is 0 Å². The molecule has 2 saturated heterocycles. The molecule has 0 saturated carbocycles. The lowest BCUT2D eigenvalue weighted by Crippen LogP contribution is -2.28. The molecule has 1 aromatic carbocycles. The Morgan fingerprint density at radius 2 is 1.88 bits per heavy atom. The molecule has 1 amide bonds. The van der Waals surface area contributed by atoms with Gasteiger partial charge in [0.2, 0.25) is 0 Å². The van der Waals surface area contributed by atoms with Crippen LogP contribution in [0.15, 0.2) is 30.3 Å². The first-order chi connectivity index (χ1) is 15.4. The van der Waals surface area contributed by atoms with Crippen LogP contribution in [0.4, 0.5) is 0 Å². The van der Waals surface area contributed by atoms with E-state index >= 15 is 0 Å². The van der Waals surface area contributed by atoms with Crippen LogP contribution in [-0.4, -0.2) is 65.7 Å². The third kappa shape index (κ3) is 3.64. The van der Waals surface area contributed by atoms with Crippen molar-refractivity contribution in [1.82, 2.24) is 19.7 Å². The van der Waals surface area contributed by atoms with Crippen molar-refractivity contribution in [3.05, 3.63) is 41.6 Å². The minimum Gasteiger partial charge on any atom is -0.497 e. The van der Waals surface area contributed by atoms with Gasteiger partial charge in [0.25, 0.3) is 5.91 Å². The summed E-state index contributed by atoms with van der Waals surface area (Å²) < 4.78 is 31.2. The van der Waals surface area contributed by atoms with E-state index in [0.29, 0.717) is 34.4 Å². The summed E-state index contributed by atoms with van der Waals surface area (Å²) in [6.07, 6.45) is 2.51. The molecular formula is C23H26N4O4S. The number of nitrogens with zero attached hydrogens (tertiary/aromatic N) is 4. The van der Waals surface area contributed by atoms with Gasteiger partial charge in [-0.2, -0.15) is 5.10 Å². The monoisotopic (exact) mass is 454 g/mol. The molecule has 2 aromatic heterocycles. The van der Waals surface area contributed by atoms with Crippen LogP contribution < -0.4 is 4.74 Å². The molecule has 2 fully saturated rings. The SMILES string of the molecule is COc1ccc(-c2cc(C(=O)N3CCCC3)c3c(C)nn([C@H]4CCS(=O)(=O)C4)c3n2)cc1. The van der Waals surface area contributed by atoms with E-state index in [1.807, 2.05) is 42.2 Å². The molecule has 0 radical (unpaired) electrons. The summed E-state index contributed by atoms with van der Waals surface area (Å²) in [6, 6.07) is 9.10. The molecule has 2 aliphatic rings. The first kappa shape index (κ1) is 20.9. The van der Waals surface area contributed by atoms with Gasteiger partial charge in [-0.05, 0) is 56.5 Å². The van der Waals surface area contributed by atoms with E-state index in [1.54, 1.807) is 11.8 Å². The van der Waals surface area contributed by atoms with Gasteiger partial charge in [-0.15, -0.1) is 0 Å². The smallest absolute Gasteiger partial charge is 0.254 e. The van der Waals surface area contributed by atoms with Crippen LogP contribution in [-0.2, 0) is 9.84 Å². The molecule has 168 valence electrons. The summed E-state index contributed by atoms with van der Waals surface area (Å²) in [4.78, 5) is 20.2. The molecule has 4 heterocycles. The number of aryl methyl sites for hydroxylation is 1. The van der Waals surface area contributed by atoms with E-state index in [1.165, 1.54) is 0 Å². The van der Waals surface area contributed by atoms with Crippen LogP contribution in [0.3, 0.4) is 0 Å². The van der Waals surface area contributed by atoms with E-state index in [2.05, 4.69) is 5.10 Å². The molecule has 0 unspecified atom stereocenters. The first-order valence-electron chi connectivity index (χ1n) is 10.9. The minimum atomic E-state index is -3.09. The van der Waals surface area contributed by atoms with Crippen LogP contribution in [0.5, 0.6) is 5.75 Å². The van der Waals surface area contributed by atoms with Crippen molar-refractivity contribution in [2.24, 2.45) is 0 Å². The third-order valence-corrected chi connectivity index (χ3v) is 8.15. The first-order valence-corrected chi connectivity index (χ1v) is 12.7. The van der Waals surface area contributed by atoms with E-state index in [4.69, 9.17) is 9.72 Å². The predicted octanol–water partition coefficient (Wildman–Crippen LogP) is 3.01. The Labute approximate surface area is 187 Å². The second-order valence-electron chi connectivity index (χ2n) is 8.57. The van der Waals surface area contributed by atoms with E-state index < -0.39 is 9.84 Å². The number of hydrogen-bond donors (Lipinski definition) is 0. The molecule has 0 spiro atoms. The highest BCUT2D eigenvalue weighted by Crippen LogP contribution is 2.33. The van der Waals surface area contributed by atoms with Gasteiger partial charge in [0.1, 0.15) is 5.75 Å². The van der Waals surface area contributed by atoms with Crippen molar-refractivity contribution in [3.63, 3.8) is 0 Å². The summed E-state index contributed by atoms with van der Waals surface area (Å²) in [6.45, 7) is 3.35. The normalized spacial score (nSPS) is 20.2. The average molecular weight is 455 g/mol. The van der Waals surface area contributed by atoms with E-state index in [-0.39, 0.29) is 23.5 Å². The van der Waals surface area contributed by atoms with Crippen LogP contribution in [0.1, 0.15) is 41.4 Å². The summed E-state index contributed by atoms with van der Waals surface area (Å²) >= 11 is 0. The fourth-order valence-electron chi connectivity index (χ4n) is 4.70. The molecule has 32 heavy (non-hydrogen) atoms. The Morgan fingerprint density at radius 1 is 1.16 bits per heavy atom. The van der Waals surface area contributed by atoms with Crippen LogP contribution in [0, 0.1) is 6.92 Å². The van der Waals surface area contributed by atoms with Crippen molar-refractivity contribution in [1.29, 1.82) is 0 Å². The Morgan fingerprint density at radius 3 is 2.50 bits per heavy atom. The van der Waals surface area contributed by atoms with Gasteiger partial charge in [0.05, 0.1) is 47.0 Å². The molecule has 8 nitrogen and oxygen atoms in total. The number of methoxy groups -OCH3 is 1. The lowest BCUT2D eigenvalue weighted by molar-refractivity contribution is 0.0794. The number of carbonyl (C=O) groups is 1. The van der Waals surface area contributed by atoms with Gasteiger partial charge in [-0.3, -0.25) is 4.79 Å². The van der Waals surface area contributed by atoms with Gasteiger partial charge in [0, 0.05) is 18.7 Å². The fourth-order valence-corrected chi connectivity index (χ4v) is 6.40. The Balaban J connectivity index is 1.70. The summed E-state index contributed by atoms with van der Waals surface area (Å²) in [5.74, 6) is 0.912. The fraction of sp³-hybridized carbons (Fsp3) is 0.435. The van der Waals surface area contributed by atoms with Gasteiger partial charge in [-0.25, -0.2) is 18.1 Å². The molecule has 1 atom stereocenters. The molecule has 0 bridgehead atoms. The van der Waals surface area contributed by atoms with Crippen LogP contribution in [0.25, 0.3) is 22.3 Å². The zero-order valence-electron chi connectivity index (χ0n) is 18.2. The van der Waals surface area contributed by atoms with Gasteiger partial charge < -0.3 is 9.64 Å². The second-order valence-corrected chi connectivity index (χ2v) is 10.8. The third-order valence-electron chi connectivity index (χ3n) is 6.40. The Kier molecular flexibility index (Phi) is 5.16. The van der Waals surface area contributed by atoms with Crippen molar-refractivity contribution < 1.29 is 17.9 Å². The molecule has 2 aliphatic heterocycles. The highest BCUT2D eigenvalue weighted by atomic mass is 32.2. The molecule has 0 aliphatic carbocycles. The molecule has 9 heteroatoms. The quantitative estimate of drug-likeness (QED) is 0.602. The highest BCUT2D eigenvalue weighted by Gasteiger charge is 2.33. The van der Waals surface area contributed by atoms with Crippen molar-refractivity contribution in [2.75, 3.05) is 31.7 Å². The zero-order chi connectivity index (χ0) is 22.5. The summed E-state index contributed by atoms with van der Waals surface area (Å²) in [5, 5.41) is 5.38. The maximum atomic E-state index is 13.5. The van der Waals surface area contributed by atoms with Gasteiger partial charge in [-0.1, -0.05) is 0 Å². The topological polar surface area (TPSA) is 94.4 Å². The summed E-state index contributed by atoms with van der Waals surface area (Å²) in [5.41, 5.74) is 3.35. The van der Waals surface area contributed by atoms with Crippen molar-refractivity contribution >= 4 is 26.8 Å². The number of sulfone groups is 1. The zero-order valence-corrected chi connectivity index (χ0v) is 19.1. The average Bonchev–Trinajstić information content (AvgIpc) is 3.52. The number of benzene rings is 1. The van der Waals surface area contributed by atoms with Crippen molar-refractivity contribution in [2.45, 2.75) is 32.2 Å². The van der Waals surface area contributed by atoms with E-state index in [0.717, 1.165) is 37.2 Å². The number of fused-ring (bicyclic) bond motifs is 1. The molecular weight excluding hydrogens is 428 g/mol. The minimum absolute atomic E-state index is 0.0219. The number of aromatic nitrogens is 3. The maximum absolute atomic E-state index is 13.5. The van der Waals surface area contributed by atoms with Crippen LogP contribution >= 0.6 is 0 Å². The van der Waals surface area contributed by atoms with Crippen molar-refractivity contribution in [3.8, 4) is 17.0 Å². The summed E-state index contributed by atoms with van der Waals surface area (Å²) in [7, 11) is -1.48. The standard InChI is InChI=1S/C23H26N4O4S/c1-15-21-19(23(28)26-10-3-4-11-26)13-20(16-5-7-18(31-2)8-6-16)24-22(21)27(25-15)17-9-12-32(29,30)14-17/h5-8,13,17H,3-4,9-12,14H2,1-2H3/t17-/m0/s1. The number of likely N-dealkylation sites (tertiary alicyclic amines) is 1. The Bertz CT molecular complexity index is 1290. The number of carbonyl (C=O) groups excluding carboxylic acids is 1.